The number of amides is 1. The van der Waals surface area contributed by atoms with Crippen LogP contribution in [0.2, 0.25) is 0 Å². The van der Waals surface area contributed by atoms with Crippen LogP contribution in [-0.2, 0) is 5.72 Å². The first-order valence-corrected chi connectivity index (χ1v) is 9.27. The zero-order valence-electron chi connectivity index (χ0n) is 13.4. The fourth-order valence-corrected chi connectivity index (χ4v) is 7.68. The molecule has 1 saturated heterocycles. The Morgan fingerprint density at radius 3 is 2.61 bits per heavy atom. The van der Waals surface area contributed by atoms with Gasteiger partial charge in [-0.2, -0.15) is 0 Å². The molecule has 4 saturated carbocycles. The van der Waals surface area contributed by atoms with Crippen LogP contribution in [0.4, 0.5) is 0 Å². The molecule has 23 heavy (non-hydrogen) atoms. The molecule has 1 aromatic carbocycles. The molecule has 3 nitrogen and oxygen atoms in total. The van der Waals surface area contributed by atoms with Crippen LogP contribution in [0.15, 0.2) is 24.3 Å². The summed E-state index contributed by atoms with van der Waals surface area (Å²) in [5, 5.41) is 12.1. The van der Waals surface area contributed by atoms with Crippen molar-refractivity contribution in [3.05, 3.63) is 35.4 Å². The molecular weight excluding hydrogens is 286 g/mol. The molecule has 6 aliphatic rings. The van der Waals surface area contributed by atoms with Crippen LogP contribution in [-0.4, -0.2) is 22.5 Å². The van der Waals surface area contributed by atoms with E-state index in [0.29, 0.717) is 5.92 Å². The number of nitrogens with zero attached hydrogens (tertiary/aromatic N) is 1. The van der Waals surface area contributed by atoms with Gasteiger partial charge in [0.25, 0.3) is 5.91 Å². The summed E-state index contributed by atoms with van der Waals surface area (Å²) < 4.78 is 0. The first kappa shape index (κ1) is 13.0. The fraction of sp³-hybridized carbons (Fsp3) is 0.650. The van der Waals surface area contributed by atoms with E-state index in [9.17, 15) is 9.90 Å². The first-order chi connectivity index (χ1) is 11.1. The molecule has 2 unspecified atom stereocenters. The molecular formula is C20H23NO2. The number of carbonyl (C=O) groups is 1. The minimum atomic E-state index is -1.04. The third-order valence-electron chi connectivity index (χ3n) is 8.05. The molecule has 0 aromatic heterocycles. The molecule has 1 spiro atoms. The highest BCUT2D eigenvalue weighted by atomic mass is 16.3. The number of aliphatic hydroxyl groups is 1. The van der Waals surface area contributed by atoms with Crippen molar-refractivity contribution < 1.29 is 9.90 Å². The smallest absolute Gasteiger partial charge is 0.256 e. The van der Waals surface area contributed by atoms with Gasteiger partial charge in [-0.25, -0.2) is 0 Å². The Hall–Kier alpha value is -1.35. The highest BCUT2D eigenvalue weighted by Gasteiger charge is 2.71. The Balaban J connectivity index is 1.61. The van der Waals surface area contributed by atoms with Crippen molar-refractivity contribution in [2.75, 3.05) is 6.54 Å². The lowest BCUT2D eigenvalue weighted by Gasteiger charge is -2.69. The van der Waals surface area contributed by atoms with Crippen molar-refractivity contribution in [3.8, 4) is 0 Å². The predicted molar refractivity (Wildman–Crippen MR) is 85.5 cm³/mol. The SMILES string of the molecule is O=C1c2ccccc2[C@@]2(O)N1CC[C@@H]1C3C[C@@H]4C[C@H](C3)CC12C4. The Bertz CT molecular complexity index is 714. The summed E-state index contributed by atoms with van der Waals surface area (Å²) in [4.78, 5) is 14.8. The summed E-state index contributed by atoms with van der Waals surface area (Å²) in [6.07, 6.45) is 7.44. The Labute approximate surface area is 136 Å². The molecule has 2 aliphatic heterocycles. The lowest BCUT2D eigenvalue weighted by Crippen LogP contribution is -2.69. The van der Waals surface area contributed by atoms with Crippen molar-refractivity contribution >= 4 is 5.91 Å². The number of hydrogen-bond donors (Lipinski definition) is 1. The number of hydrogen-bond acceptors (Lipinski definition) is 2. The molecule has 3 heteroatoms. The van der Waals surface area contributed by atoms with E-state index in [0.717, 1.165) is 54.7 Å². The zero-order chi connectivity index (χ0) is 15.4. The van der Waals surface area contributed by atoms with Crippen molar-refractivity contribution in [1.82, 2.24) is 4.90 Å². The van der Waals surface area contributed by atoms with Crippen LogP contribution >= 0.6 is 0 Å². The van der Waals surface area contributed by atoms with Gasteiger partial charge in [-0.1, -0.05) is 18.2 Å². The zero-order valence-corrected chi connectivity index (χ0v) is 13.4. The normalized spacial score (nSPS) is 49.1. The average molecular weight is 309 g/mol. The maximum atomic E-state index is 12.9. The molecule has 7 rings (SSSR count). The molecule has 1 aromatic rings. The quantitative estimate of drug-likeness (QED) is 0.800. The van der Waals surface area contributed by atoms with Crippen molar-refractivity contribution in [2.45, 2.75) is 44.2 Å². The number of rotatable bonds is 0. The summed E-state index contributed by atoms with van der Waals surface area (Å²) in [7, 11) is 0. The maximum Gasteiger partial charge on any atom is 0.256 e. The fourth-order valence-electron chi connectivity index (χ4n) is 7.68. The largest absolute Gasteiger partial charge is 0.366 e. The molecule has 4 bridgehead atoms. The molecule has 1 amide bonds. The predicted octanol–water partition coefficient (Wildman–Crippen LogP) is 3.13. The second-order valence-electron chi connectivity index (χ2n) is 8.83. The first-order valence-electron chi connectivity index (χ1n) is 9.27. The number of piperidine rings is 1. The van der Waals surface area contributed by atoms with Crippen molar-refractivity contribution in [1.29, 1.82) is 0 Å². The minimum absolute atomic E-state index is 0.0531. The summed E-state index contributed by atoms with van der Waals surface area (Å²) in [6, 6.07) is 7.82. The van der Waals surface area contributed by atoms with Crippen molar-refractivity contribution in [2.24, 2.45) is 29.1 Å². The Kier molecular flexibility index (Phi) is 2.16. The highest BCUT2D eigenvalue weighted by Crippen LogP contribution is 2.72. The van der Waals surface area contributed by atoms with E-state index in [2.05, 4.69) is 0 Å². The van der Waals surface area contributed by atoms with E-state index in [1.807, 2.05) is 29.2 Å². The van der Waals surface area contributed by atoms with Gasteiger partial charge in [-0.15, -0.1) is 0 Å². The Morgan fingerprint density at radius 2 is 1.83 bits per heavy atom. The van der Waals surface area contributed by atoms with E-state index < -0.39 is 5.72 Å². The van der Waals surface area contributed by atoms with Crippen LogP contribution in [0, 0.1) is 29.1 Å². The monoisotopic (exact) mass is 309 g/mol. The van der Waals surface area contributed by atoms with Gasteiger partial charge >= 0.3 is 0 Å². The average Bonchev–Trinajstić information content (AvgIpc) is 2.77. The topological polar surface area (TPSA) is 40.5 Å². The van der Waals surface area contributed by atoms with Crippen molar-refractivity contribution in [3.63, 3.8) is 0 Å². The lowest BCUT2D eigenvalue weighted by atomic mass is 9.40. The third kappa shape index (κ3) is 1.26. The number of fused-ring (bicyclic) bond motifs is 3. The molecule has 4 aliphatic carbocycles. The minimum Gasteiger partial charge on any atom is -0.366 e. The van der Waals surface area contributed by atoms with E-state index in [-0.39, 0.29) is 11.3 Å². The summed E-state index contributed by atoms with van der Waals surface area (Å²) >= 11 is 0. The Morgan fingerprint density at radius 1 is 1.09 bits per heavy atom. The second kappa shape index (κ2) is 3.83. The summed E-state index contributed by atoms with van der Waals surface area (Å²) in [6.45, 7) is 0.724. The van der Waals surface area contributed by atoms with Gasteiger partial charge in [-0.05, 0) is 68.3 Å². The van der Waals surface area contributed by atoms with E-state index in [4.69, 9.17) is 0 Å². The van der Waals surface area contributed by atoms with E-state index >= 15 is 0 Å². The summed E-state index contributed by atoms with van der Waals surface area (Å²) in [5.41, 5.74) is 0.519. The second-order valence-corrected chi connectivity index (χ2v) is 8.83. The van der Waals surface area contributed by atoms with Gasteiger partial charge in [0.1, 0.15) is 0 Å². The molecule has 6 atom stereocenters. The van der Waals surface area contributed by atoms with E-state index in [1.54, 1.807) is 0 Å². The van der Waals surface area contributed by atoms with Gasteiger partial charge in [0.2, 0.25) is 0 Å². The number of benzene rings is 1. The highest BCUT2D eigenvalue weighted by molar-refractivity contribution is 6.00. The van der Waals surface area contributed by atoms with Gasteiger partial charge in [0.05, 0.1) is 0 Å². The van der Waals surface area contributed by atoms with Crippen LogP contribution in [0.1, 0.15) is 54.4 Å². The van der Waals surface area contributed by atoms with Gasteiger partial charge < -0.3 is 10.0 Å². The number of carbonyl (C=O) groups excluding carboxylic acids is 1. The summed E-state index contributed by atoms with van der Waals surface area (Å²) in [5.74, 6) is 2.99. The standard InChI is InChI=1S/C20H23NO2/c22-18-15-3-1-2-4-17(15)20(23)19-10-12-7-13(11-19)9-14(8-12)16(19)5-6-21(18)20/h1-4,12-14,16,23H,5-11H2/t12-,13+,14?,16-,19?,20+/m1/s1. The van der Waals surface area contributed by atoms with Gasteiger partial charge in [0.15, 0.2) is 5.72 Å². The molecule has 2 heterocycles. The van der Waals surface area contributed by atoms with Crippen LogP contribution in [0.5, 0.6) is 0 Å². The lowest BCUT2D eigenvalue weighted by molar-refractivity contribution is -0.288. The molecule has 0 radical (unpaired) electrons. The van der Waals surface area contributed by atoms with Gasteiger partial charge in [0, 0.05) is 23.1 Å². The molecule has 120 valence electrons. The van der Waals surface area contributed by atoms with E-state index in [1.165, 1.54) is 19.3 Å². The molecule has 1 N–H and O–H groups in total. The van der Waals surface area contributed by atoms with Gasteiger partial charge in [-0.3, -0.25) is 4.79 Å². The van der Waals surface area contributed by atoms with Crippen LogP contribution in [0.3, 0.4) is 0 Å². The maximum absolute atomic E-state index is 12.9. The van der Waals surface area contributed by atoms with Crippen LogP contribution in [0.25, 0.3) is 0 Å². The molecule has 5 fully saturated rings. The third-order valence-corrected chi connectivity index (χ3v) is 8.05. The van der Waals surface area contributed by atoms with Crippen LogP contribution < -0.4 is 0 Å².